The first-order valence-corrected chi connectivity index (χ1v) is 12.9. The normalized spacial score (nSPS) is 11.4. The molecule has 0 atom stereocenters. The Morgan fingerprint density at radius 1 is 1.00 bits per heavy atom. The lowest BCUT2D eigenvalue weighted by Crippen LogP contribution is -2.31. The van der Waals surface area contributed by atoms with E-state index < -0.39 is 5.60 Å². The fourth-order valence-corrected chi connectivity index (χ4v) is 3.68. The summed E-state index contributed by atoms with van der Waals surface area (Å²) in [5.41, 5.74) is 2.10. The van der Waals surface area contributed by atoms with Crippen molar-refractivity contribution in [3.63, 3.8) is 0 Å². The molecule has 0 bridgehead atoms. The maximum Gasteiger partial charge on any atom is 0.320 e. The van der Waals surface area contributed by atoms with Gasteiger partial charge in [-0.3, -0.25) is 4.79 Å². The molecule has 204 valence electrons. The van der Waals surface area contributed by atoms with Gasteiger partial charge in [0.2, 0.25) is 5.95 Å². The first-order valence-electron chi connectivity index (χ1n) is 12.9. The van der Waals surface area contributed by atoms with Gasteiger partial charge in [-0.2, -0.15) is 0 Å². The summed E-state index contributed by atoms with van der Waals surface area (Å²) in [6.45, 7) is 13.5. The van der Waals surface area contributed by atoms with Gasteiger partial charge in [-0.25, -0.2) is 14.4 Å². The maximum atomic E-state index is 14.7. The third kappa shape index (κ3) is 9.39. The summed E-state index contributed by atoms with van der Waals surface area (Å²) in [4.78, 5) is 22.8. The molecule has 0 saturated heterocycles. The lowest BCUT2D eigenvalue weighted by molar-refractivity contribution is -0.153. The van der Waals surface area contributed by atoms with Gasteiger partial charge in [-0.15, -0.1) is 0 Å². The predicted octanol–water partition coefficient (Wildman–Crippen LogP) is 5.18. The molecule has 9 heteroatoms. The summed E-state index contributed by atoms with van der Waals surface area (Å²) in [6, 6.07) is 12.6. The number of carbonyl (C=O) groups is 1. The fraction of sp³-hybridized carbons (Fsp3) is 0.414. The average Bonchev–Trinajstić information content (AvgIpc) is 2.88. The Hall–Kier alpha value is -3.56. The Bertz CT molecular complexity index is 1160. The van der Waals surface area contributed by atoms with Gasteiger partial charge in [0.15, 0.2) is 0 Å². The second-order valence-corrected chi connectivity index (χ2v) is 9.82. The minimum atomic E-state index is -0.552. The van der Waals surface area contributed by atoms with E-state index in [0.717, 1.165) is 31.1 Å². The molecule has 0 unspecified atom stereocenters. The first kappa shape index (κ1) is 29.0. The zero-order valence-electron chi connectivity index (χ0n) is 22.9. The van der Waals surface area contributed by atoms with Gasteiger partial charge in [0.1, 0.15) is 23.8 Å². The molecule has 0 saturated carbocycles. The van der Waals surface area contributed by atoms with Gasteiger partial charge in [-0.1, -0.05) is 26.0 Å². The zero-order chi connectivity index (χ0) is 27.5. The molecule has 0 fully saturated rings. The molecule has 3 aromatic rings. The van der Waals surface area contributed by atoms with Crippen LogP contribution in [0.15, 0.2) is 54.9 Å². The van der Waals surface area contributed by atoms with E-state index in [1.807, 2.05) is 24.3 Å². The quantitative estimate of drug-likeness (QED) is 0.297. The number of carbonyl (C=O) groups excluding carboxylic acids is 1. The monoisotopic (exact) mass is 523 g/mol. The van der Waals surface area contributed by atoms with Gasteiger partial charge in [0, 0.05) is 42.3 Å². The molecule has 2 aromatic carbocycles. The smallest absolute Gasteiger partial charge is 0.320 e. The molecular formula is C29H38FN5O3. The van der Waals surface area contributed by atoms with Crippen molar-refractivity contribution in [3.05, 3.63) is 66.2 Å². The van der Waals surface area contributed by atoms with E-state index in [-0.39, 0.29) is 24.9 Å². The van der Waals surface area contributed by atoms with Crippen LogP contribution in [-0.2, 0) is 16.1 Å². The number of hydrogen-bond donors (Lipinski definition) is 2. The van der Waals surface area contributed by atoms with Crippen LogP contribution in [0.25, 0.3) is 11.1 Å². The van der Waals surface area contributed by atoms with Crippen LogP contribution in [0, 0.1) is 5.82 Å². The van der Waals surface area contributed by atoms with E-state index in [2.05, 4.69) is 39.3 Å². The lowest BCUT2D eigenvalue weighted by Gasteiger charge is -2.19. The number of aromatic nitrogens is 2. The van der Waals surface area contributed by atoms with E-state index in [9.17, 15) is 9.18 Å². The second-order valence-electron chi connectivity index (χ2n) is 9.82. The van der Waals surface area contributed by atoms with Gasteiger partial charge < -0.3 is 25.0 Å². The molecule has 1 heterocycles. The summed E-state index contributed by atoms with van der Waals surface area (Å²) in [7, 11) is 0. The number of hydrogen-bond acceptors (Lipinski definition) is 8. The van der Waals surface area contributed by atoms with Crippen LogP contribution in [-0.4, -0.2) is 59.2 Å². The number of ether oxygens (including phenoxy) is 2. The highest BCUT2D eigenvalue weighted by molar-refractivity contribution is 5.72. The van der Waals surface area contributed by atoms with Crippen LogP contribution in [0.3, 0.4) is 0 Å². The number of rotatable bonds is 13. The third-order valence-corrected chi connectivity index (χ3v) is 5.72. The third-order valence-electron chi connectivity index (χ3n) is 5.72. The molecule has 8 nitrogen and oxygen atoms in total. The Balaban J connectivity index is 1.51. The predicted molar refractivity (Wildman–Crippen MR) is 148 cm³/mol. The molecule has 0 aliphatic heterocycles. The highest BCUT2D eigenvalue weighted by Gasteiger charge is 2.16. The minimum absolute atomic E-state index is 0.00712. The standard InChI is InChI=1S/C29H38FN5O3/c1-6-35(7-2)14-15-37-25-12-10-24(11-13-25)34-28-32-18-23(19-33-28)21-8-9-22(26(30)16-21)17-31-20-27(36)38-29(3,4)5/h8-13,16,18-19,31H,6-7,14-15,17,20H2,1-5H3,(H,32,33,34). The molecule has 38 heavy (non-hydrogen) atoms. The molecule has 0 radical (unpaired) electrons. The van der Waals surface area contributed by atoms with Crippen LogP contribution in [0.4, 0.5) is 16.0 Å². The summed E-state index contributed by atoms with van der Waals surface area (Å²) in [5.74, 6) is 0.494. The summed E-state index contributed by atoms with van der Waals surface area (Å²) < 4.78 is 25.7. The van der Waals surface area contributed by atoms with Gasteiger partial charge in [-0.05, 0) is 69.8 Å². The summed E-state index contributed by atoms with van der Waals surface area (Å²) in [5, 5.41) is 6.08. The van der Waals surface area contributed by atoms with E-state index in [1.54, 1.807) is 45.3 Å². The van der Waals surface area contributed by atoms with Crippen molar-refractivity contribution in [2.24, 2.45) is 0 Å². The SMILES string of the molecule is CCN(CC)CCOc1ccc(Nc2ncc(-c3ccc(CNCC(=O)OC(C)(C)C)c(F)c3)cn2)cc1. The Kier molecular flexibility index (Phi) is 10.6. The van der Waals surface area contributed by atoms with Crippen LogP contribution in [0.5, 0.6) is 5.75 Å². The molecule has 3 rings (SSSR count). The van der Waals surface area contributed by atoms with Crippen molar-refractivity contribution >= 4 is 17.6 Å². The van der Waals surface area contributed by atoms with Crippen LogP contribution in [0.1, 0.15) is 40.2 Å². The van der Waals surface area contributed by atoms with Crippen molar-refractivity contribution < 1.29 is 18.7 Å². The maximum absolute atomic E-state index is 14.7. The van der Waals surface area contributed by atoms with E-state index in [4.69, 9.17) is 9.47 Å². The van der Waals surface area contributed by atoms with Gasteiger partial charge in [0.05, 0.1) is 6.54 Å². The molecule has 0 aliphatic carbocycles. The van der Waals surface area contributed by atoms with Crippen LogP contribution >= 0.6 is 0 Å². The van der Waals surface area contributed by atoms with Gasteiger partial charge in [0.25, 0.3) is 0 Å². The lowest BCUT2D eigenvalue weighted by atomic mass is 10.1. The van der Waals surface area contributed by atoms with Crippen molar-refractivity contribution in [3.8, 4) is 16.9 Å². The molecule has 1 aromatic heterocycles. The van der Waals surface area contributed by atoms with Crippen LogP contribution < -0.4 is 15.4 Å². The Morgan fingerprint density at radius 3 is 2.29 bits per heavy atom. The number of anilines is 2. The molecule has 0 aliphatic rings. The highest BCUT2D eigenvalue weighted by Crippen LogP contribution is 2.23. The van der Waals surface area contributed by atoms with Crippen molar-refractivity contribution in [2.45, 2.75) is 46.8 Å². The molecular weight excluding hydrogens is 485 g/mol. The number of esters is 1. The van der Waals surface area contributed by atoms with Gasteiger partial charge >= 0.3 is 5.97 Å². The Morgan fingerprint density at radius 2 is 1.68 bits per heavy atom. The van der Waals surface area contributed by atoms with Crippen molar-refractivity contribution in [2.75, 3.05) is 38.1 Å². The van der Waals surface area contributed by atoms with E-state index in [1.165, 1.54) is 6.07 Å². The van der Waals surface area contributed by atoms with Crippen LogP contribution in [0.2, 0.25) is 0 Å². The van der Waals surface area contributed by atoms with Crippen molar-refractivity contribution in [1.82, 2.24) is 20.2 Å². The summed E-state index contributed by atoms with van der Waals surface area (Å²) in [6.07, 6.45) is 3.30. The number of benzene rings is 2. The zero-order valence-corrected chi connectivity index (χ0v) is 22.9. The van der Waals surface area contributed by atoms with E-state index in [0.29, 0.717) is 29.2 Å². The second kappa shape index (κ2) is 13.8. The highest BCUT2D eigenvalue weighted by atomic mass is 19.1. The first-order chi connectivity index (χ1) is 18.2. The minimum Gasteiger partial charge on any atom is -0.492 e. The van der Waals surface area contributed by atoms with E-state index >= 15 is 0 Å². The summed E-state index contributed by atoms with van der Waals surface area (Å²) >= 11 is 0. The molecule has 0 spiro atoms. The number of likely N-dealkylation sites (N-methyl/N-ethyl adjacent to an activating group) is 1. The Labute approximate surface area is 224 Å². The number of nitrogens with zero attached hydrogens (tertiary/aromatic N) is 3. The average molecular weight is 524 g/mol. The van der Waals surface area contributed by atoms with Crippen molar-refractivity contribution in [1.29, 1.82) is 0 Å². The number of nitrogens with one attached hydrogen (secondary N) is 2. The fourth-order valence-electron chi connectivity index (χ4n) is 3.68. The molecule has 0 amide bonds. The topological polar surface area (TPSA) is 88.6 Å². The largest absolute Gasteiger partial charge is 0.492 e. The number of halogens is 1. The molecule has 2 N–H and O–H groups in total.